The SMILES string of the molecule is COc1ccc(NS(=O)(=O)c2ccc(C)c(NC(=O)c3ccc(OC[C@@H]4CCCO4)cc3)c2)cc1. The maximum Gasteiger partial charge on any atom is 0.261 e. The lowest BCUT2D eigenvalue weighted by Crippen LogP contribution is -2.17. The topological polar surface area (TPSA) is 103 Å². The quantitative estimate of drug-likeness (QED) is 0.448. The molecule has 0 unspecified atom stereocenters. The summed E-state index contributed by atoms with van der Waals surface area (Å²) in [6.45, 7) is 3.05. The van der Waals surface area contributed by atoms with Gasteiger partial charge in [-0.1, -0.05) is 6.07 Å². The van der Waals surface area contributed by atoms with Crippen LogP contribution in [0.25, 0.3) is 0 Å². The fourth-order valence-electron chi connectivity index (χ4n) is 3.64. The summed E-state index contributed by atoms with van der Waals surface area (Å²) in [5.74, 6) is 0.929. The van der Waals surface area contributed by atoms with Gasteiger partial charge >= 0.3 is 0 Å². The van der Waals surface area contributed by atoms with E-state index in [2.05, 4.69) is 10.0 Å². The summed E-state index contributed by atoms with van der Waals surface area (Å²) in [6.07, 6.45) is 2.15. The molecule has 0 bridgehead atoms. The Hall–Kier alpha value is -3.56. The Morgan fingerprint density at radius 1 is 1.03 bits per heavy atom. The van der Waals surface area contributed by atoms with Gasteiger partial charge in [0.05, 0.1) is 18.1 Å². The van der Waals surface area contributed by atoms with E-state index in [9.17, 15) is 13.2 Å². The summed E-state index contributed by atoms with van der Waals surface area (Å²) in [7, 11) is -2.32. The first-order valence-electron chi connectivity index (χ1n) is 11.3. The minimum atomic E-state index is -3.86. The minimum Gasteiger partial charge on any atom is -0.497 e. The number of amides is 1. The Morgan fingerprint density at radius 3 is 2.40 bits per heavy atom. The molecule has 0 saturated carbocycles. The molecule has 1 fully saturated rings. The van der Waals surface area contributed by atoms with Crippen LogP contribution in [0.3, 0.4) is 0 Å². The number of carbonyl (C=O) groups excluding carboxylic acids is 1. The van der Waals surface area contributed by atoms with Gasteiger partial charge in [-0.25, -0.2) is 8.42 Å². The number of aryl methyl sites for hydroxylation is 1. The lowest BCUT2D eigenvalue weighted by atomic mass is 10.1. The third-order valence-corrected chi connectivity index (χ3v) is 7.07. The van der Waals surface area contributed by atoms with Gasteiger partial charge in [0.2, 0.25) is 0 Å². The third-order valence-electron chi connectivity index (χ3n) is 5.69. The number of anilines is 2. The van der Waals surface area contributed by atoms with Crippen LogP contribution in [0.4, 0.5) is 11.4 Å². The number of benzene rings is 3. The molecule has 0 spiro atoms. The van der Waals surface area contributed by atoms with Crippen molar-refractivity contribution in [3.05, 3.63) is 77.9 Å². The van der Waals surface area contributed by atoms with Gasteiger partial charge in [-0.3, -0.25) is 9.52 Å². The maximum atomic E-state index is 12.9. The van der Waals surface area contributed by atoms with Crippen LogP contribution in [0.5, 0.6) is 11.5 Å². The molecule has 35 heavy (non-hydrogen) atoms. The van der Waals surface area contributed by atoms with Gasteiger partial charge in [0.15, 0.2) is 0 Å². The number of nitrogens with one attached hydrogen (secondary N) is 2. The summed E-state index contributed by atoms with van der Waals surface area (Å²) in [5.41, 5.74) is 1.97. The van der Waals surface area contributed by atoms with Crippen LogP contribution in [0.1, 0.15) is 28.8 Å². The van der Waals surface area contributed by atoms with E-state index >= 15 is 0 Å². The smallest absolute Gasteiger partial charge is 0.261 e. The van der Waals surface area contributed by atoms with Gasteiger partial charge in [-0.2, -0.15) is 0 Å². The van der Waals surface area contributed by atoms with Crippen LogP contribution in [0.2, 0.25) is 0 Å². The highest BCUT2D eigenvalue weighted by molar-refractivity contribution is 7.92. The second-order valence-electron chi connectivity index (χ2n) is 8.24. The highest BCUT2D eigenvalue weighted by Crippen LogP contribution is 2.24. The molecular weight excluding hydrogens is 468 g/mol. The molecule has 1 atom stereocenters. The Bertz CT molecular complexity index is 1270. The predicted molar refractivity (Wildman–Crippen MR) is 134 cm³/mol. The number of methoxy groups -OCH3 is 1. The van der Waals surface area contributed by atoms with Gasteiger partial charge in [0, 0.05) is 23.5 Å². The molecule has 2 N–H and O–H groups in total. The largest absolute Gasteiger partial charge is 0.497 e. The molecule has 9 heteroatoms. The second kappa shape index (κ2) is 10.8. The van der Waals surface area contributed by atoms with Crippen LogP contribution in [-0.4, -0.2) is 40.8 Å². The Balaban J connectivity index is 1.42. The molecule has 1 aliphatic heterocycles. The first-order chi connectivity index (χ1) is 16.8. The van der Waals surface area contributed by atoms with Crippen LogP contribution < -0.4 is 19.5 Å². The number of rotatable bonds is 9. The zero-order chi connectivity index (χ0) is 24.8. The Kier molecular flexibility index (Phi) is 7.57. The van der Waals surface area contributed by atoms with E-state index in [1.165, 1.54) is 19.2 Å². The van der Waals surface area contributed by atoms with Crippen LogP contribution in [0, 0.1) is 6.92 Å². The van der Waals surface area contributed by atoms with E-state index in [4.69, 9.17) is 14.2 Å². The lowest BCUT2D eigenvalue weighted by molar-refractivity contribution is 0.0679. The number of hydrogen-bond acceptors (Lipinski definition) is 6. The second-order valence-corrected chi connectivity index (χ2v) is 9.92. The van der Waals surface area contributed by atoms with Crippen molar-refractivity contribution in [1.82, 2.24) is 0 Å². The molecule has 0 radical (unpaired) electrons. The fraction of sp³-hybridized carbons (Fsp3) is 0.269. The van der Waals surface area contributed by atoms with Crippen LogP contribution in [0.15, 0.2) is 71.6 Å². The molecule has 0 aliphatic carbocycles. The fourth-order valence-corrected chi connectivity index (χ4v) is 4.72. The molecule has 1 amide bonds. The van der Waals surface area contributed by atoms with E-state index in [0.29, 0.717) is 35.0 Å². The molecule has 1 saturated heterocycles. The van der Waals surface area contributed by atoms with Crippen LogP contribution in [-0.2, 0) is 14.8 Å². The van der Waals surface area contributed by atoms with Gasteiger partial charge in [-0.15, -0.1) is 0 Å². The molecule has 3 aromatic rings. The summed E-state index contributed by atoms with van der Waals surface area (Å²) < 4.78 is 44.7. The van der Waals surface area contributed by atoms with E-state index in [1.54, 1.807) is 61.5 Å². The van der Waals surface area contributed by atoms with E-state index in [1.807, 2.05) is 0 Å². The monoisotopic (exact) mass is 496 g/mol. The summed E-state index contributed by atoms with van der Waals surface area (Å²) >= 11 is 0. The average Bonchev–Trinajstić information content (AvgIpc) is 3.38. The van der Waals surface area contributed by atoms with Crippen molar-refractivity contribution in [2.24, 2.45) is 0 Å². The first-order valence-corrected chi connectivity index (χ1v) is 12.8. The van der Waals surface area contributed by atoms with Crippen molar-refractivity contribution >= 4 is 27.3 Å². The summed E-state index contributed by atoms with van der Waals surface area (Å²) in [6, 6.07) is 17.9. The number of carbonyl (C=O) groups is 1. The van der Waals surface area contributed by atoms with Crippen molar-refractivity contribution in [3.8, 4) is 11.5 Å². The van der Waals surface area contributed by atoms with E-state index in [0.717, 1.165) is 25.0 Å². The Morgan fingerprint density at radius 2 is 1.74 bits per heavy atom. The third kappa shape index (κ3) is 6.32. The van der Waals surface area contributed by atoms with Crippen molar-refractivity contribution in [2.45, 2.75) is 30.8 Å². The van der Waals surface area contributed by atoms with Gasteiger partial charge in [0.25, 0.3) is 15.9 Å². The Labute approximate surface area is 205 Å². The number of ether oxygens (including phenoxy) is 3. The van der Waals surface area contributed by atoms with Crippen molar-refractivity contribution in [1.29, 1.82) is 0 Å². The molecule has 1 aliphatic rings. The van der Waals surface area contributed by atoms with Gasteiger partial charge in [-0.05, 0) is 86.0 Å². The summed E-state index contributed by atoms with van der Waals surface area (Å²) in [4.78, 5) is 12.8. The average molecular weight is 497 g/mol. The maximum absolute atomic E-state index is 12.9. The highest BCUT2D eigenvalue weighted by atomic mass is 32.2. The predicted octanol–water partition coefficient (Wildman–Crippen LogP) is 4.61. The molecule has 8 nitrogen and oxygen atoms in total. The van der Waals surface area contributed by atoms with Crippen molar-refractivity contribution < 1.29 is 27.4 Å². The number of hydrogen-bond donors (Lipinski definition) is 2. The zero-order valence-corrected chi connectivity index (χ0v) is 20.4. The molecule has 4 rings (SSSR count). The molecule has 1 heterocycles. The van der Waals surface area contributed by atoms with Gasteiger partial charge < -0.3 is 19.5 Å². The lowest BCUT2D eigenvalue weighted by Gasteiger charge is -2.13. The zero-order valence-electron chi connectivity index (χ0n) is 19.6. The molecule has 3 aromatic carbocycles. The van der Waals surface area contributed by atoms with Crippen molar-refractivity contribution in [3.63, 3.8) is 0 Å². The van der Waals surface area contributed by atoms with Crippen LogP contribution >= 0.6 is 0 Å². The normalized spacial score (nSPS) is 15.4. The number of sulfonamides is 1. The van der Waals surface area contributed by atoms with E-state index in [-0.39, 0.29) is 16.9 Å². The standard InChI is InChI=1S/C26H28N2O6S/c1-18-5-14-24(35(30,31)28-20-8-12-21(32-2)13-9-20)16-25(18)27-26(29)19-6-10-22(11-7-19)34-17-23-4-3-15-33-23/h5-14,16,23,28H,3-4,15,17H2,1-2H3,(H,27,29)/t23-/m0/s1. The highest BCUT2D eigenvalue weighted by Gasteiger charge is 2.18. The summed E-state index contributed by atoms with van der Waals surface area (Å²) in [5, 5.41) is 2.81. The van der Waals surface area contributed by atoms with Crippen molar-refractivity contribution in [2.75, 3.05) is 30.4 Å². The molecule has 184 valence electrons. The van der Waals surface area contributed by atoms with E-state index < -0.39 is 10.0 Å². The minimum absolute atomic E-state index is 0.0343. The van der Waals surface area contributed by atoms with Gasteiger partial charge in [0.1, 0.15) is 18.1 Å². The first kappa shape index (κ1) is 24.6. The molecule has 0 aromatic heterocycles. The molecular formula is C26H28N2O6S.